The van der Waals surface area contributed by atoms with E-state index in [0.717, 1.165) is 45.7 Å². The lowest BCUT2D eigenvalue weighted by Gasteiger charge is -2.32. The Bertz CT molecular complexity index is 767. The number of nitrogens with one attached hydrogen (secondary N) is 2. The van der Waals surface area contributed by atoms with E-state index in [4.69, 9.17) is 4.42 Å². The summed E-state index contributed by atoms with van der Waals surface area (Å²) in [6.45, 7) is 5.61. The third-order valence-corrected chi connectivity index (χ3v) is 5.82. The molecule has 0 aliphatic carbocycles. The monoisotopic (exact) mass is 374 g/mol. The summed E-state index contributed by atoms with van der Waals surface area (Å²) in [7, 11) is 0. The second-order valence-electron chi connectivity index (χ2n) is 6.57. The highest BCUT2D eigenvalue weighted by Crippen LogP contribution is 2.27. The molecule has 2 fully saturated rings. The van der Waals surface area contributed by atoms with E-state index in [1.165, 1.54) is 17.6 Å². The van der Waals surface area contributed by atoms with Gasteiger partial charge in [0.05, 0.1) is 11.8 Å². The Labute approximate surface area is 156 Å². The lowest BCUT2D eigenvalue weighted by Crippen LogP contribution is -2.49. The number of carbonyl (C=O) groups is 2. The van der Waals surface area contributed by atoms with E-state index in [-0.39, 0.29) is 17.6 Å². The molecule has 2 aromatic heterocycles. The fourth-order valence-electron chi connectivity index (χ4n) is 3.59. The first-order valence-electron chi connectivity index (χ1n) is 8.89. The zero-order valence-electron chi connectivity index (χ0n) is 14.4. The predicted molar refractivity (Wildman–Crippen MR) is 99.7 cm³/mol. The van der Waals surface area contributed by atoms with E-state index >= 15 is 0 Å². The molecule has 4 rings (SSSR count). The maximum atomic E-state index is 13.0. The number of hydrogen-bond acceptors (Lipinski definition) is 6. The maximum absolute atomic E-state index is 13.0. The van der Waals surface area contributed by atoms with Gasteiger partial charge in [-0.25, -0.2) is 0 Å². The van der Waals surface area contributed by atoms with Crippen molar-refractivity contribution < 1.29 is 14.0 Å². The molecule has 8 heteroatoms. The number of rotatable bonds is 4. The molecule has 4 heterocycles. The summed E-state index contributed by atoms with van der Waals surface area (Å²) in [6, 6.07) is 5.47. The first-order valence-corrected chi connectivity index (χ1v) is 9.77. The van der Waals surface area contributed by atoms with Crippen LogP contribution in [0.5, 0.6) is 0 Å². The molecular weight excluding hydrogens is 352 g/mol. The van der Waals surface area contributed by atoms with Crippen LogP contribution in [0.1, 0.15) is 27.3 Å². The average Bonchev–Trinajstić information content (AvgIpc) is 3.42. The van der Waals surface area contributed by atoms with Gasteiger partial charge < -0.3 is 20.0 Å². The van der Waals surface area contributed by atoms with Gasteiger partial charge >= 0.3 is 0 Å². The second kappa shape index (κ2) is 7.61. The summed E-state index contributed by atoms with van der Waals surface area (Å²) < 4.78 is 5.11. The number of hydrogen-bond donors (Lipinski definition) is 2. The van der Waals surface area contributed by atoms with Crippen LogP contribution in [0, 0.1) is 0 Å². The van der Waals surface area contributed by atoms with Crippen molar-refractivity contribution in [2.75, 3.05) is 44.6 Å². The summed E-state index contributed by atoms with van der Waals surface area (Å²) in [4.78, 5) is 29.5. The van der Waals surface area contributed by atoms with E-state index in [9.17, 15) is 9.59 Å². The Hall–Kier alpha value is -2.16. The topological polar surface area (TPSA) is 77.8 Å². The van der Waals surface area contributed by atoms with Crippen molar-refractivity contribution in [1.82, 2.24) is 15.1 Å². The molecule has 0 aromatic carbocycles. The number of thiophene rings is 1. The zero-order valence-corrected chi connectivity index (χ0v) is 15.3. The van der Waals surface area contributed by atoms with Crippen LogP contribution in [-0.2, 0) is 0 Å². The molecule has 0 radical (unpaired) electrons. The standard InChI is InChI=1S/C18H22N4O3S/c23-16(15-2-1-10-25-15)20-17-14(4-11-26-17)18(24)22-7-3-13(12-22)21-8-5-19-6-9-21/h1-2,4,10-11,13,19H,3,5-9,12H2,(H,20,23). The number of nitrogens with zero attached hydrogens (tertiary/aromatic N) is 2. The quantitative estimate of drug-likeness (QED) is 0.852. The number of anilines is 1. The molecule has 1 unspecified atom stereocenters. The summed E-state index contributed by atoms with van der Waals surface area (Å²) in [6.07, 6.45) is 2.46. The largest absolute Gasteiger partial charge is 0.459 e. The van der Waals surface area contributed by atoms with Gasteiger partial charge in [0.25, 0.3) is 11.8 Å². The van der Waals surface area contributed by atoms with Gasteiger partial charge in [-0.1, -0.05) is 0 Å². The van der Waals surface area contributed by atoms with E-state index in [0.29, 0.717) is 16.6 Å². The lowest BCUT2D eigenvalue weighted by atomic mass is 10.2. The van der Waals surface area contributed by atoms with Crippen LogP contribution in [0.2, 0.25) is 0 Å². The smallest absolute Gasteiger partial charge is 0.291 e. The zero-order chi connectivity index (χ0) is 17.9. The van der Waals surface area contributed by atoms with Gasteiger partial charge in [-0.05, 0) is 30.0 Å². The highest BCUT2D eigenvalue weighted by molar-refractivity contribution is 7.14. The van der Waals surface area contributed by atoms with Gasteiger partial charge in [-0.2, -0.15) is 0 Å². The van der Waals surface area contributed by atoms with Gasteiger partial charge in [0.2, 0.25) is 0 Å². The van der Waals surface area contributed by atoms with Crippen molar-refractivity contribution in [3.8, 4) is 0 Å². The molecule has 2 saturated heterocycles. The summed E-state index contributed by atoms with van der Waals surface area (Å²) in [5.41, 5.74) is 0.552. The Morgan fingerprint density at radius 2 is 2.08 bits per heavy atom. The SMILES string of the molecule is O=C(Nc1sccc1C(=O)N1CCC(N2CCNCC2)C1)c1ccco1. The third kappa shape index (κ3) is 3.53. The molecule has 2 aliphatic rings. The minimum atomic E-state index is -0.341. The van der Waals surface area contributed by atoms with Crippen molar-refractivity contribution >= 4 is 28.2 Å². The predicted octanol–water partition coefficient (Wildman–Crippen LogP) is 1.71. The molecular formula is C18H22N4O3S. The molecule has 26 heavy (non-hydrogen) atoms. The minimum absolute atomic E-state index is 0.0152. The molecule has 0 bridgehead atoms. The maximum Gasteiger partial charge on any atom is 0.291 e. The Balaban J connectivity index is 1.41. The molecule has 1 atom stereocenters. The number of furan rings is 1. The molecule has 2 amide bonds. The van der Waals surface area contributed by atoms with E-state index < -0.39 is 0 Å². The van der Waals surface area contributed by atoms with E-state index in [2.05, 4.69) is 15.5 Å². The third-order valence-electron chi connectivity index (χ3n) is 4.99. The average molecular weight is 374 g/mol. The Morgan fingerprint density at radius 3 is 2.85 bits per heavy atom. The van der Waals surface area contributed by atoms with Gasteiger partial charge in [0.15, 0.2) is 5.76 Å². The summed E-state index contributed by atoms with van der Waals surface area (Å²) in [5, 5.41) is 8.55. The first kappa shape index (κ1) is 17.3. The van der Waals surface area contributed by atoms with Crippen LogP contribution in [-0.4, -0.2) is 66.9 Å². The van der Waals surface area contributed by atoms with Crippen LogP contribution in [0.25, 0.3) is 0 Å². The number of piperazine rings is 1. The van der Waals surface area contributed by atoms with Gasteiger partial charge in [0, 0.05) is 45.3 Å². The highest BCUT2D eigenvalue weighted by Gasteiger charge is 2.32. The van der Waals surface area contributed by atoms with Crippen molar-refractivity contribution in [2.45, 2.75) is 12.5 Å². The molecule has 2 aromatic rings. The van der Waals surface area contributed by atoms with Crippen molar-refractivity contribution in [3.63, 3.8) is 0 Å². The Kier molecular flexibility index (Phi) is 5.05. The van der Waals surface area contributed by atoms with E-state index in [1.807, 2.05) is 10.3 Å². The minimum Gasteiger partial charge on any atom is -0.459 e. The van der Waals surface area contributed by atoms with Crippen molar-refractivity contribution in [3.05, 3.63) is 41.2 Å². The fourth-order valence-corrected chi connectivity index (χ4v) is 4.36. The number of amides is 2. The molecule has 7 nitrogen and oxygen atoms in total. The van der Waals surface area contributed by atoms with Gasteiger partial charge in [0.1, 0.15) is 5.00 Å². The summed E-state index contributed by atoms with van der Waals surface area (Å²) >= 11 is 1.35. The van der Waals surface area contributed by atoms with Crippen LogP contribution in [0.4, 0.5) is 5.00 Å². The Morgan fingerprint density at radius 1 is 1.23 bits per heavy atom. The summed E-state index contributed by atoms with van der Waals surface area (Å²) in [5.74, 6) is -0.123. The molecule has 0 saturated carbocycles. The van der Waals surface area contributed by atoms with Crippen LogP contribution in [0.3, 0.4) is 0 Å². The van der Waals surface area contributed by atoms with Crippen LogP contribution >= 0.6 is 11.3 Å². The van der Waals surface area contributed by atoms with Crippen LogP contribution < -0.4 is 10.6 Å². The number of likely N-dealkylation sites (tertiary alicyclic amines) is 1. The van der Waals surface area contributed by atoms with Crippen LogP contribution in [0.15, 0.2) is 34.3 Å². The van der Waals surface area contributed by atoms with Gasteiger partial charge in [-0.3, -0.25) is 14.5 Å². The normalized spacial score (nSPS) is 21.1. The number of carbonyl (C=O) groups excluding carboxylic acids is 2. The molecule has 2 aliphatic heterocycles. The molecule has 138 valence electrons. The second-order valence-corrected chi connectivity index (χ2v) is 7.49. The van der Waals surface area contributed by atoms with Crippen molar-refractivity contribution in [1.29, 1.82) is 0 Å². The van der Waals surface area contributed by atoms with E-state index in [1.54, 1.807) is 18.2 Å². The van der Waals surface area contributed by atoms with Crippen molar-refractivity contribution in [2.24, 2.45) is 0 Å². The molecule has 2 N–H and O–H groups in total. The lowest BCUT2D eigenvalue weighted by molar-refractivity contribution is 0.0775. The first-order chi connectivity index (χ1) is 12.7. The fraction of sp³-hybridized carbons (Fsp3) is 0.444. The molecule has 0 spiro atoms. The van der Waals surface area contributed by atoms with Gasteiger partial charge in [-0.15, -0.1) is 11.3 Å². The highest BCUT2D eigenvalue weighted by atomic mass is 32.1.